The van der Waals surface area contributed by atoms with Gasteiger partial charge in [0.25, 0.3) is 11.8 Å². The molecule has 226 valence electrons. The van der Waals surface area contributed by atoms with Crippen LogP contribution in [0.15, 0.2) is 59.7 Å². The van der Waals surface area contributed by atoms with Crippen molar-refractivity contribution < 1.29 is 14.3 Å². The fourth-order valence-electron chi connectivity index (χ4n) is 5.89. The second kappa shape index (κ2) is 16.9. The Bertz CT molecular complexity index is 1220. The third-order valence-corrected chi connectivity index (χ3v) is 8.43. The summed E-state index contributed by atoms with van der Waals surface area (Å²) in [6, 6.07) is 15.5. The van der Waals surface area contributed by atoms with E-state index in [0.717, 1.165) is 28.9 Å². The Morgan fingerprint density at radius 3 is 1.33 bits per heavy atom. The first-order chi connectivity index (χ1) is 20.6. The molecule has 0 atom stereocenters. The number of unbranched alkanes of at least 4 members (excludes halogenated alkanes) is 15. The molecule has 2 amide bonds. The molecular formula is C37H50N2O3. The van der Waals surface area contributed by atoms with Crippen molar-refractivity contribution in [2.24, 2.45) is 0 Å². The highest BCUT2D eigenvalue weighted by Crippen LogP contribution is 2.37. The van der Waals surface area contributed by atoms with E-state index in [4.69, 9.17) is 4.74 Å². The Balaban J connectivity index is 1.10. The summed E-state index contributed by atoms with van der Waals surface area (Å²) in [4.78, 5) is 25.7. The predicted molar refractivity (Wildman–Crippen MR) is 173 cm³/mol. The first kappa shape index (κ1) is 31.6. The van der Waals surface area contributed by atoms with Crippen molar-refractivity contribution in [2.45, 2.75) is 117 Å². The van der Waals surface area contributed by atoms with Gasteiger partial charge >= 0.3 is 0 Å². The average molecular weight is 571 g/mol. The van der Waals surface area contributed by atoms with E-state index in [1.165, 1.54) is 96.3 Å². The Kier molecular flexibility index (Phi) is 12.7. The minimum atomic E-state index is -0.252. The molecule has 2 aliphatic heterocycles. The molecule has 0 saturated heterocycles. The van der Waals surface area contributed by atoms with Gasteiger partial charge in [0.1, 0.15) is 5.75 Å². The maximum Gasteiger partial charge on any atom is 0.258 e. The maximum atomic E-state index is 12.9. The number of rotatable bonds is 20. The molecule has 2 aromatic carbocycles. The van der Waals surface area contributed by atoms with Crippen LogP contribution >= 0.6 is 0 Å². The second-order valence-electron chi connectivity index (χ2n) is 12.0. The Hall–Kier alpha value is -3.34. The van der Waals surface area contributed by atoms with E-state index in [-0.39, 0.29) is 11.8 Å². The van der Waals surface area contributed by atoms with E-state index in [9.17, 15) is 9.59 Å². The van der Waals surface area contributed by atoms with Crippen LogP contribution in [0.4, 0.5) is 0 Å². The average Bonchev–Trinajstić information content (AvgIpc) is 3.53. The second-order valence-corrected chi connectivity index (χ2v) is 12.0. The topological polar surface area (TPSA) is 67.4 Å². The zero-order valence-electron chi connectivity index (χ0n) is 25.9. The van der Waals surface area contributed by atoms with Crippen molar-refractivity contribution >= 4 is 23.2 Å². The van der Waals surface area contributed by atoms with E-state index in [2.05, 4.69) is 17.6 Å². The van der Waals surface area contributed by atoms with Gasteiger partial charge in [0, 0.05) is 0 Å². The number of aryl methyl sites for hydroxylation is 1. The molecular weight excluding hydrogens is 520 g/mol. The molecule has 0 aromatic heterocycles. The van der Waals surface area contributed by atoms with E-state index in [1.807, 2.05) is 55.5 Å². The number of ether oxygens (including phenoxy) is 1. The lowest BCUT2D eigenvalue weighted by Gasteiger charge is -2.09. The van der Waals surface area contributed by atoms with Gasteiger partial charge < -0.3 is 15.4 Å². The summed E-state index contributed by atoms with van der Waals surface area (Å²) >= 11 is 0. The molecule has 2 aliphatic rings. The number of carbonyl (C=O) groups is 2. The third kappa shape index (κ3) is 9.08. The van der Waals surface area contributed by atoms with Gasteiger partial charge in [-0.25, -0.2) is 0 Å². The molecule has 5 nitrogen and oxygen atoms in total. The van der Waals surface area contributed by atoms with Crippen LogP contribution in [0.5, 0.6) is 5.75 Å². The highest BCUT2D eigenvalue weighted by molar-refractivity contribution is 6.30. The number of fused-ring (bicyclic) bond motifs is 1. The van der Waals surface area contributed by atoms with Crippen LogP contribution in [0, 0.1) is 6.92 Å². The van der Waals surface area contributed by atoms with Crippen molar-refractivity contribution in [1.29, 1.82) is 0 Å². The zero-order valence-corrected chi connectivity index (χ0v) is 25.9. The first-order valence-corrected chi connectivity index (χ1v) is 16.5. The summed E-state index contributed by atoms with van der Waals surface area (Å²) in [5, 5.41) is 5.82. The quantitative estimate of drug-likeness (QED) is 0.156. The van der Waals surface area contributed by atoms with Crippen LogP contribution in [0.3, 0.4) is 0 Å². The standard InChI is InChI=1S/C37H50N2O3/c1-3-4-5-6-7-8-9-10-11-12-13-14-15-16-17-18-27-42-31-25-23-30(24-26-31)35-33-32(36(40)39-35)34(38-37(33)41)29-21-19-28(2)20-22-29/h19-26H,3-18,27H2,1-2H3,(H,38,41)(H,39,40). The number of nitrogens with one attached hydrogen (secondary N) is 2. The molecule has 42 heavy (non-hydrogen) atoms. The Labute approximate surface area is 253 Å². The van der Waals surface area contributed by atoms with Crippen molar-refractivity contribution in [3.05, 3.63) is 76.4 Å². The molecule has 2 aromatic rings. The highest BCUT2D eigenvalue weighted by Gasteiger charge is 2.40. The largest absolute Gasteiger partial charge is 0.494 e. The molecule has 0 fully saturated rings. The van der Waals surface area contributed by atoms with Crippen LogP contribution in [0.25, 0.3) is 11.4 Å². The summed E-state index contributed by atoms with van der Waals surface area (Å²) in [5.41, 5.74) is 4.70. The number of benzene rings is 2. The van der Waals surface area contributed by atoms with Crippen molar-refractivity contribution in [1.82, 2.24) is 10.6 Å². The molecule has 2 N–H and O–H groups in total. The molecule has 5 heteroatoms. The smallest absolute Gasteiger partial charge is 0.258 e. The summed E-state index contributed by atoms with van der Waals surface area (Å²) in [6.45, 7) is 5.00. The summed E-state index contributed by atoms with van der Waals surface area (Å²) in [6.07, 6.45) is 21.7. The lowest BCUT2D eigenvalue weighted by molar-refractivity contribution is -0.117. The number of hydrogen-bond donors (Lipinski definition) is 2. The van der Waals surface area contributed by atoms with Crippen LogP contribution in [-0.4, -0.2) is 18.4 Å². The highest BCUT2D eigenvalue weighted by atomic mass is 16.5. The van der Waals surface area contributed by atoms with Gasteiger partial charge in [-0.05, 0) is 48.7 Å². The normalized spacial score (nSPS) is 14.4. The minimum absolute atomic E-state index is 0.252. The maximum absolute atomic E-state index is 12.9. The molecule has 0 saturated carbocycles. The first-order valence-electron chi connectivity index (χ1n) is 16.5. The van der Waals surface area contributed by atoms with Gasteiger partial charge in [-0.3, -0.25) is 9.59 Å². The fourth-order valence-corrected chi connectivity index (χ4v) is 5.89. The molecule has 0 unspecified atom stereocenters. The van der Waals surface area contributed by atoms with E-state index in [0.29, 0.717) is 29.1 Å². The van der Waals surface area contributed by atoms with E-state index in [1.54, 1.807) is 0 Å². The van der Waals surface area contributed by atoms with E-state index >= 15 is 0 Å². The minimum Gasteiger partial charge on any atom is -0.494 e. The van der Waals surface area contributed by atoms with Gasteiger partial charge in [-0.1, -0.05) is 133 Å². The molecule has 0 aliphatic carbocycles. The summed E-state index contributed by atoms with van der Waals surface area (Å²) in [7, 11) is 0. The van der Waals surface area contributed by atoms with Gasteiger partial charge in [0.15, 0.2) is 0 Å². The van der Waals surface area contributed by atoms with Crippen LogP contribution in [0.1, 0.15) is 126 Å². The number of amides is 2. The van der Waals surface area contributed by atoms with Crippen molar-refractivity contribution in [2.75, 3.05) is 6.61 Å². The number of hydrogen-bond acceptors (Lipinski definition) is 3. The molecule has 0 radical (unpaired) electrons. The van der Waals surface area contributed by atoms with E-state index < -0.39 is 0 Å². The van der Waals surface area contributed by atoms with Gasteiger partial charge in [-0.15, -0.1) is 0 Å². The summed E-state index contributed by atoms with van der Waals surface area (Å²) < 4.78 is 5.96. The number of carbonyl (C=O) groups excluding carboxylic acids is 2. The van der Waals surface area contributed by atoms with Gasteiger partial charge in [0.05, 0.1) is 29.1 Å². The Morgan fingerprint density at radius 1 is 0.524 bits per heavy atom. The fraction of sp³-hybridized carbons (Fsp3) is 0.514. The predicted octanol–water partition coefficient (Wildman–Crippen LogP) is 9.02. The molecule has 4 rings (SSSR count). The monoisotopic (exact) mass is 570 g/mol. The van der Waals surface area contributed by atoms with Crippen molar-refractivity contribution in [3.63, 3.8) is 0 Å². The van der Waals surface area contributed by atoms with Crippen LogP contribution in [0.2, 0.25) is 0 Å². The van der Waals surface area contributed by atoms with Gasteiger partial charge in [0.2, 0.25) is 0 Å². The van der Waals surface area contributed by atoms with Crippen LogP contribution < -0.4 is 15.4 Å². The molecule has 2 heterocycles. The Morgan fingerprint density at radius 2 is 0.905 bits per heavy atom. The lowest BCUT2D eigenvalue weighted by Crippen LogP contribution is -2.21. The van der Waals surface area contributed by atoms with Crippen LogP contribution in [-0.2, 0) is 9.59 Å². The summed E-state index contributed by atoms with van der Waals surface area (Å²) in [5.74, 6) is 0.303. The SMILES string of the molecule is CCCCCCCCCCCCCCCCCCOc1ccc(C2=C3C(=O)NC(c4ccc(C)cc4)=C3C(=O)N2)cc1. The molecule has 0 spiro atoms. The lowest BCUT2D eigenvalue weighted by atomic mass is 10.0. The molecule has 0 bridgehead atoms. The third-order valence-electron chi connectivity index (χ3n) is 8.43. The van der Waals surface area contributed by atoms with Crippen molar-refractivity contribution in [3.8, 4) is 5.75 Å². The zero-order chi connectivity index (χ0) is 29.6. The van der Waals surface area contributed by atoms with Gasteiger partial charge in [-0.2, -0.15) is 0 Å².